The van der Waals surface area contributed by atoms with Gasteiger partial charge in [-0.3, -0.25) is 0 Å². The van der Waals surface area contributed by atoms with Crippen LogP contribution in [-0.4, -0.2) is 0 Å². The second-order valence-corrected chi connectivity index (χ2v) is 9.05. The maximum Gasteiger partial charge on any atom is -0.0241 e. The van der Waals surface area contributed by atoms with Crippen LogP contribution >= 0.6 is 0 Å². The summed E-state index contributed by atoms with van der Waals surface area (Å²) in [5.41, 5.74) is 1.42. The molecule has 1 aliphatic carbocycles. The van der Waals surface area contributed by atoms with Gasteiger partial charge >= 0.3 is 0 Å². The van der Waals surface area contributed by atoms with Crippen LogP contribution in [-0.2, 0) is 0 Å². The molecule has 1 fully saturated rings. The third-order valence-electron chi connectivity index (χ3n) is 7.26. The summed E-state index contributed by atoms with van der Waals surface area (Å²) in [6.45, 7) is 22.3. The normalized spacial score (nSPS) is 36.5. The largest absolute Gasteiger partial charge is 0.0654 e. The van der Waals surface area contributed by atoms with E-state index in [1.165, 1.54) is 25.7 Å². The molecule has 0 spiro atoms. The first-order valence-corrected chi connectivity index (χ1v) is 8.49. The van der Waals surface area contributed by atoms with Crippen molar-refractivity contribution in [2.75, 3.05) is 0 Å². The zero-order chi connectivity index (χ0) is 15.1. The third-order valence-corrected chi connectivity index (χ3v) is 7.26. The van der Waals surface area contributed by atoms with Crippen molar-refractivity contribution < 1.29 is 0 Å². The Labute approximate surface area is 122 Å². The molecule has 4 unspecified atom stereocenters. The highest BCUT2D eigenvalue weighted by Crippen LogP contribution is 2.64. The van der Waals surface area contributed by atoms with Gasteiger partial charge in [-0.2, -0.15) is 0 Å². The van der Waals surface area contributed by atoms with Crippen molar-refractivity contribution in [2.24, 2.45) is 34.0 Å². The minimum absolute atomic E-state index is 0.447. The molecule has 4 atom stereocenters. The second kappa shape index (κ2) is 5.41. The average molecular weight is 267 g/mol. The lowest BCUT2D eigenvalue weighted by Gasteiger charge is -2.48. The van der Waals surface area contributed by atoms with Crippen LogP contribution in [0.1, 0.15) is 88.0 Å². The fraction of sp³-hybridized carbons (Fsp3) is 1.00. The van der Waals surface area contributed by atoms with Gasteiger partial charge in [-0.15, -0.1) is 0 Å². The predicted octanol–water partition coefficient (Wildman–Crippen LogP) is 6.55. The van der Waals surface area contributed by atoms with Crippen molar-refractivity contribution in [1.82, 2.24) is 0 Å². The molecule has 1 saturated carbocycles. The highest BCUT2D eigenvalue weighted by Gasteiger charge is 2.57. The zero-order valence-electron chi connectivity index (χ0n) is 15.1. The molecule has 0 heteroatoms. The van der Waals surface area contributed by atoms with Gasteiger partial charge < -0.3 is 0 Å². The number of rotatable bonds is 5. The number of hydrogen-bond donors (Lipinski definition) is 0. The van der Waals surface area contributed by atoms with Crippen molar-refractivity contribution in [1.29, 1.82) is 0 Å². The van der Waals surface area contributed by atoms with E-state index in [1.807, 2.05) is 0 Å². The maximum atomic E-state index is 2.57. The van der Waals surface area contributed by atoms with E-state index in [1.54, 1.807) is 0 Å². The molecule has 0 N–H and O–H groups in total. The topological polar surface area (TPSA) is 0 Å². The molecule has 114 valence electrons. The maximum absolute atomic E-state index is 2.57. The van der Waals surface area contributed by atoms with E-state index in [2.05, 4.69) is 62.3 Å². The molecule has 0 nitrogen and oxygen atoms in total. The molecule has 0 bridgehead atoms. The van der Waals surface area contributed by atoms with Crippen LogP contribution in [0.2, 0.25) is 0 Å². The minimum atomic E-state index is 0.447. The van der Waals surface area contributed by atoms with Crippen LogP contribution in [0, 0.1) is 34.0 Å². The molecule has 1 rings (SSSR count). The SMILES string of the molecule is CCCC(C)CC(C)(C)C1(C)CC(C)C(C)(C)C1C. The molecule has 0 aromatic heterocycles. The van der Waals surface area contributed by atoms with Gasteiger partial charge in [-0.25, -0.2) is 0 Å². The Bertz CT molecular complexity index is 299. The first-order chi connectivity index (χ1) is 8.49. The summed E-state index contributed by atoms with van der Waals surface area (Å²) < 4.78 is 0. The fourth-order valence-corrected chi connectivity index (χ4v) is 4.89. The monoisotopic (exact) mass is 266 g/mol. The van der Waals surface area contributed by atoms with Gasteiger partial charge in [0, 0.05) is 0 Å². The fourth-order valence-electron chi connectivity index (χ4n) is 4.89. The predicted molar refractivity (Wildman–Crippen MR) is 87.3 cm³/mol. The lowest BCUT2D eigenvalue weighted by Crippen LogP contribution is -2.41. The van der Waals surface area contributed by atoms with Gasteiger partial charge in [0.05, 0.1) is 0 Å². The molecule has 0 aliphatic heterocycles. The number of hydrogen-bond acceptors (Lipinski definition) is 0. The Morgan fingerprint density at radius 3 is 2.05 bits per heavy atom. The lowest BCUT2D eigenvalue weighted by molar-refractivity contribution is 0.00563. The van der Waals surface area contributed by atoms with Gasteiger partial charge in [-0.1, -0.05) is 75.2 Å². The molecule has 0 amide bonds. The molecule has 0 aromatic carbocycles. The summed E-state index contributed by atoms with van der Waals surface area (Å²) in [5, 5.41) is 0. The van der Waals surface area contributed by atoms with E-state index < -0.39 is 0 Å². The average Bonchev–Trinajstić information content (AvgIpc) is 2.41. The van der Waals surface area contributed by atoms with Crippen LogP contribution in [0.15, 0.2) is 0 Å². The molecular formula is C19H38. The summed E-state index contributed by atoms with van der Waals surface area (Å²) >= 11 is 0. The van der Waals surface area contributed by atoms with Gasteiger partial charge in [-0.05, 0) is 46.8 Å². The van der Waals surface area contributed by atoms with Crippen LogP contribution in [0.3, 0.4) is 0 Å². The van der Waals surface area contributed by atoms with E-state index in [4.69, 9.17) is 0 Å². The Hall–Kier alpha value is 0. The Balaban J connectivity index is 2.93. The van der Waals surface area contributed by atoms with Gasteiger partial charge in [0.25, 0.3) is 0 Å². The van der Waals surface area contributed by atoms with E-state index in [0.717, 1.165) is 17.8 Å². The molecule has 0 saturated heterocycles. The quantitative estimate of drug-likeness (QED) is 0.529. The molecular weight excluding hydrogens is 228 g/mol. The molecule has 0 aromatic rings. The smallest absolute Gasteiger partial charge is 0.0241 e. The molecule has 1 aliphatic rings. The van der Waals surface area contributed by atoms with E-state index in [-0.39, 0.29) is 0 Å². The standard InChI is InChI=1S/C19H38/c1-10-11-14(2)12-17(5,6)19(9)13-15(3)18(7,8)16(19)4/h14-16H,10-13H2,1-9H3. The molecule has 0 heterocycles. The molecule has 19 heavy (non-hydrogen) atoms. The van der Waals surface area contributed by atoms with Gasteiger partial charge in [0.1, 0.15) is 0 Å². The zero-order valence-corrected chi connectivity index (χ0v) is 15.1. The lowest BCUT2D eigenvalue weighted by atomic mass is 9.56. The van der Waals surface area contributed by atoms with E-state index >= 15 is 0 Å². The summed E-state index contributed by atoms with van der Waals surface area (Å²) in [6, 6.07) is 0. The van der Waals surface area contributed by atoms with Crippen LogP contribution in [0.25, 0.3) is 0 Å². The van der Waals surface area contributed by atoms with Crippen molar-refractivity contribution in [3.8, 4) is 0 Å². The van der Waals surface area contributed by atoms with Crippen LogP contribution in [0.4, 0.5) is 0 Å². The highest BCUT2D eigenvalue weighted by molar-refractivity contribution is 5.06. The van der Waals surface area contributed by atoms with Crippen LogP contribution < -0.4 is 0 Å². The first kappa shape index (κ1) is 17.1. The second-order valence-electron chi connectivity index (χ2n) is 9.05. The minimum Gasteiger partial charge on any atom is -0.0654 e. The van der Waals surface area contributed by atoms with Crippen molar-refractivity contribution in [3.05, 3.63) is 0 Å². The van der Waals surface area contributed by atoms with Crippen molar-refractivity contribution in [3.63, 3.8) is 0 Å². The van der Waals surface area contributed by atoms with E-state index in [9.17, 15) is 0 Å². The Morgan fingerprint density at radius 1 is 1.16 bits per heavy atom. The van der Waals surface area contributed by atoms with E-state index in [0.29, 0.717) is 16.2 Å². The van der Waals surface area contributed by atoms with Gasteiger partial charge in [0.15, 0.2) is 0 Å². The Kier molecular flexibility index (Phi) is 4.86. The summed E-state index contributed by atoms with van der Waals surface area (Å²) in [7, 11) is 0. The van der Waals surface area contributed by atoms with Crippen molar-refractivity contribution in [2.45, 2.75) is 88.0 Å². The van der Waals surface area contributed by atoms with Crippen molar-refractivity contribution >= 4 is 0 Å². The first-order valence-electron chi connectivity index (χ1n) is 8.49. The summed E-state index contributed by atoms with van der Waals surface area (Å²) in [5.74, 6) is 2.51. The highest BCUT2D eigenvalue weighted by atomic mass is 14.6. The Morgan fingerprint density at radius 2 is 1.68 bits per heavy atom. The summed E-state index contributed by atoms with van der Waals surface area (Å²) in [4.78, 5) is 0. The van der Waals surface area contributed by atoms with Crippen LogP contribution in [0.5, 0.6) is 0 Å². The summed E-state index contributed by atoms with van der Waals surface area (Å²) in [6.07, 6.45) is 5.48. The van der Waals surface area contributed by atoms with Gasteiger partial charge in [0.2, 0.25) is 0 Å². The molecule has 0 radical (unpaired) electrons. The third kappa shape index (κ3) is 2.88.